The lowest BCUT2D eigenvalue weighted by Crippen LogP contribution is -2.22. The second kappa shape index (κ2) is 5.42. The van der Waals surface area contributed by atoms with E-state index in [9.17, 15) is 0 Å². The van der Waals surface area contributed by atoms with E-state index in [0.29, 0.717) is 6.04 Å². The first-order chi connectivity index (χ1) is 8.16. The van der Waals surface area contributed by atoms with Gasteiger partial charge in [-0.15, -0.1) is 11.3 Å². The van der Waals surface area contributed by atoms with Crippen LogP contribution in [0, 0.1) is 6.92 Å². The Morgan fingerprint density at radius 3 is 2.94 bits per heavy atom. The molecule has 4 nitrogen and oxygen atoms in total. The minimum atomic E-state index is 0.313. The Kier molecular flexibility index (Phi) is 3.91. The molecule has 5 heteroatoms. The number of nitrogens with one attached hydrogen (secondary N) is 1. The first-order valence-electron chi connectivity index (χ1n) is 5.79. The van der Waals surface area contributed by atoms with Gasteiger partial charge in [-0.25, -0.2) is 4.98 Å². The van der Waals surface area contributed by atoms with E-state index in [0.717, 1.165) is 23.7 Å². The molecule has 0 saturated carbocycles. The van der Waals surface area contributed by atoms with Gasteiger partial charge in [0.05, 0.1) is 10.7 Å². The molecular weight excluding hydrogens is 232 g/mol. The average molecular weight is 250 g/mol. The van der Waals surface area contributed by atoms with Crippen molar-refractivity contribution in [3.05, 3.63) is 34.0 Å². The maximum Gasteiger partial charge on any atom is 0.0898 e. The Morgan fingerprint density at radius 2 is 2.35 bits per heavy atom. The van der Waals surface area contributed by atoms with Crippen LogP contribution in [-0.4, -0.2) is 21.3 Å². The summed E-state index contributed by atoms with van der Waals surface area (Å²) in [5.41, 5.74) is 2.39. The van der Waals surface area contributed by atoms with Gasteiger partial charge in [-0.1, -0.05) is 0 Å². The van der Waals surface area contributed by atoms with Crippen molar-refractivity contribution in [3.8, 4) is 0 Å². The summed E-state index contributed by atoms with van der Waals surface area (Å²) in [7, 11) is 1.97. The van der Waals surface area contributed by atoms with Crippen LogP contribution in [0.4, 0.5) is 0 Å². The van der Waals surface area contributed by atoms with Gasteiger partial charge in [0.1, 0.15) is 0 Å². The van der Waals surface area contributed by atoms with Gasteiger partial charge < -0.3 is 5.32 Å². The van der Waals surface area contributed by atoms with Gasteiger partial charge in [-0.2, -0.15) is 5.10 Å². The third-order valence-corrected chi connectivity index (χ3v) is 3.63. The monoisotopic (exact) mass is 250 g/mol. The van der Waals surface area contributed by atoms with Crippen molar-refractivity contribution in [3.63, 3.8) is 0 Å². The Labute approximate surface area is 106 Å². The normalized spacial score (nSPS) is 12.9. The summed E-state index contributed by atoms with van der Waals surface area (Å²) in [6.45, 7) is 5.13. The van der Waals surface area contributed by atoms with Gasteiger partial charge in [0.2, 0.25) is 0 Å². The number of aromatic nitrogens is 3. The third-order valence-electron chi connectivity index (χ3n) is 2.83. The van der Waals surface area contributed by atoms with E-state index in [-0.39, 0.29) is 0 Å². The molecule has 0 fully saturated rings. The zero-order chi connectivity index (χ0) is 12.3. The number of aryl methyl sites for hydroxylation is 2. The summed E-state index contributed by atoms with van der Waals surface area (Å²) in [6.07, 6.45) is 2.83. The molecule has 0 radical (unpaired) electrons. The van der Waals surface area contributed by atoms with Gasteiger partial charge >= 0.3 is 0 Å². The van der Waals surface area contributed by atoms with Crippen molar-refractivity contribution >= 4 is 11.3 Å². The fourth-order valence-electron chi connectivity index (χ4n) is 1.75. The zero-order valence-corrected chi connectivity index (χ0v) is 11.3. The van der Waals surface area contributed by atoms with Gasteiger partial charge in [0, 0.05) is 43.3 Å². The largest absolute Gasteiger partial charge is 0.308 e. The maximum atomic E-state index is 4.48. The lowest BCUT2D eigenvalue weighted by atomic mass is 10.2. The molecule has 1 unspecified atom stereocenters. The lowest BCUT2D eigenvalue weighted by Gasteiger charge is -2.11. The minimum absolute atomic E-state index is 0.313. The van der Waals surface area contributed by atoms with Gasteiger partial charge in [0.15, 0.2) is 0 Å². The molecule has 0 aliphatic rings. The number of nitrogens with zero attached hydrogens (tertiary/aromatic N) is 3. The van der Waals surface area contributed by atoms with Crippen LogP contribution >= 0.6 is 11.3 Å². The van der Waals surface area contributed by atoms with E-state index in [1.165, 1.54) is 5.69 Å². The molecular formula is C12H18N4S. The van der Waals surface area contributed by atoms with E-state index in [2.05, 4.69) is 33.8 Å². The molecule has 0 amide bonds. The fraction of sp³-hybridized carbons (Fsp3) is 0.500. The molecule has 2 rings (SSSR count). The molecule has 0 saturated heterocycles. The van der Waals surface area contributed by atoms with Crippen LogP contribution in [0.5, 0.6) is 0 Å². The SMILES string of the molecule is Cc1nc(C(C)NCCc2ccnn2C)cs1. The Balaban J connectivity index is 1.81. The molecule has 1 atom stereocenters. The third kappa shape index (κ3) is 3.14. The Hall–Kier alpha value is -1.20. The predicted molar refractivity (Wildman–Crippen MR) is 70.2 cm³/mol. The highest BCUT2D eigenvalue weighted by molar-refractivity contribution is 7.09. The van der Waals surface area contributed by atoms with Crippen LogP contribution in [0.2, 0.25) is 0 Å². The molecule has 0 spiro atoms. The average Bonchev–Trinajstić information content (AvgIpc) is 2.88. The molecule has 17 heavy (non-hydrogen) atoms. The van der Waals surface area contributed by atoms with Crippen molar-refractivity contribution < 1.29 is 0 Å². The second-order valence-electron chi connectivity index (χ2n) is 4.16. The summed E-state index contributed by atoms with van der Waals surface area (Å²) >= 11 is 1.70. The first-order valence-corrected chi connectivity index (χ1v) is 6.67. The smallest absolute Gasteiger partial charge is 0.0898 e. The van der Waals surface area contributed by atoms with Gasteiger partial charge in [-0.05, 0) is 19.9 Å². The van der Waals surface area contributed by atoms with Gasteiger partial charge in [0.25, 0.3) is 0 Å². The molecule has 0 aliphatic carbocycles. The standard InChI is InChI=1S/C12H18N4S/c1-9(12-8-17-10(2)15-12)13-6-4-11-5-7-14-16(11)3/h5,7-9,13H,4,6H2,1-3H3. The molecule has 2 aromatic rings. The maximum absolute atomic E-state index is 4.48. The number of thiazole rings is 1. The van der Waals surface area contributed by atoms with Crippen molar-refractivity contribution in [2.24, 2.45) is 7.05 Å². The van der Waals surface area contributed by atoms with Crippen LogP contribution in [0.15, 0.2) is 17.6 Å². The quantitative estimate of drug-likeness (QED) is 0.883. The van der Waals surface area contributed by atoms with Crippen LogP contribution < -0.4 is 5.32 Å². The summed E-state index contributed by atoms with van der Waals surface area (Å²) in [6, 6.07) is 2.37. The minimum Gasteiger partial charge on any atom is -0.308 e. The van der Waals surface area contributed by atoms with E-state index < -0.39 is 0 Å². The fourth-order valence-corrected chi connectivity index (χ4v) is 2.45. The van der Waals surface area contributed by atoms with Crippen molar-refractivity contribution in [1.29, 1.82) is 0 Å². The lowest BCUT2D eigenvalue weighted by molar-refractivity contribution is 0.555. The molecule has 1 N–H and O–H groups in total. The summed E-state index contributed by atoms with van der Waals surface area (Å²) in [5, 5.41) is 10.9. The predicted octanol–water partition coefficient (Wildman–Crippen LogP) is 2.08. The highest BCUT2D eigenvalue weighted by Gasteiger charge is 2.08. The number of hydrogen-bond donors (Lipinski definition) is 1. The highest BCUT2D eigenvalue weighted by atomic mass is 32.1. The highest BCUT2D eigenvalue weighted by Crippen LogP contribution is 2.15. The zero-order valence-electron chi connectivity index (χ0n) is 10.5. The summed E-state index contributed by atoms with van der Waals surface area (Å²) in [5.74, 6) is 0. The summed E-state index contributed by atoms with van der Waals surface area (Å²) < 4.78 is 1.92. The number of rotatable bonds is 5. The van der Waals surface area contributed by atoms with Crippen LogP contribution in [-0.2, 0) is 13.5 Å². The van der Waals surface area contributed by atoms with Gasteiger partial charge in [-0.3, -0.25) is 4.68 Å². The van der Waals surface area contributed by atoms with E-state index in [1.54, 1.807) is 11.3 Å². The second-order valence-corrected chi connectivity index (χ2v) is 5.23. The van der Waals surface area contributed by atoms with Crippen LogP contribution in [0.25, 0.3) is 0 Å². The summed E-state index contributed by atoms with van der Waals surface area (Å²) in [4.78, 5) is 4.48. The topological polar surface area (TPSA) is 42.7 Å². The van der Waals surface area contributed by atoms with E-state index in [4.69, 9.17) is 0 Å². The molecule has 0 aliphatic heterocycles. The molecule has 2 heterocycles. The van der Waals surface area contributed by atoms with Crippen molar-refractivity contribution in [1.82, 2.24) is 20.1 Å². The number of hydrogen-bond acceptors (Lipinski definition) is 4. The molecule has 0 bridgehead atoms. The molecule has 2 aromatic heterocycles. The Morgan fingerprint density at radius 1 is 1.53 bits per heavy atom. The van der Waals surface area contributed by atoms with E-state index in [1.807, 2.05) is 24.9 Å². The van der Waals surface area contributed by atoms with Crippen molar-refractivity contribution in [2.75, 3.05) is 6.54 Å². The van der Waals surface area contributed by atoms with Crippen molar-refractivity contribution in [2.45, 2.75) is 26.3 Å². The molecule has 92 valence electrons. The first kappa shape index (κ1) is 12.3. The van der Waals surface area contributed by atoms with E-state index >= 15 is 0 Å². The Bertz CT molecular complexity index is 474. The van der Waals surface area contributed by atoms with Crippen LogP contribution in [0.3, 0.4) is 0 Å². The molecule has 0 aromatic carbocycles. The van der Waals surface area contributed by atoms with Crippen LogP contribution in [0.1, 0.15) is 29.4 Å².